The van der Waals surface area contributed by atoms with Gasteiger partial charge in [0.15, 0.2) is 11.6 Å². The van der Waals surface area contributed by atoms with Gasteiger partial charge in [-0.2, -0.15) is 0 Å². The Bertz CT molecular complexity index is 1540. The van der Waals surface area contributed by atoms with E-state index in [1.165, 1.54) is 12.8 Å². The summed E-state index contributed by atoms with van der Waals surface area (Å²) in [6.07, 6.45) is 7.81. The van der Waals surface area contributed by atoms with Crippen LogP contribution in [-0.2, 0) is 4.79 Å². The van der Waals surface area contributed by atoms with Crippen LogP contribution < -0.4 is 10.6 Å². The second-order valence-electron chi connectivity index (χ2n) is 9.33. The molecular weight excluding hydrogens is 440 g/mol. The van der Waals surface area contributed by atoms with Gasteiger partial charge in [-0.05, 0) is 50.2 Å². The number of carbonyl (C=O) groups is 1. The summed E-state index contributed by atoms with van der Waals surface area (Å²) in [5, 5.41) is 15.3. The Balaban J connectivity index is 1.36. The number of hydrogen-bond acceptors (Lipinski definition) is 7. The van der Waals surface area contributed by atoms with Crippen molar-refractivity contribution in [3.63, 3.8) is 0 Å². The highest BCUT2D eigenvalue weighted by atomic mass is 16.2. The fraction of sp³-hybridized carbons (Fsp3) is 0.385. The molecule has 9 nitrogen and oxygen atoms in total. The average Bonchev–Trinajstić information content (AvgIpc) is 3.79. The minimum absolute atomic E-state index is 0.00102. The lowest BCUT2D eigenvalue weighted by Crippen LogP contribution is -2.16. The number of amides is 1. The number of pyridine rings is 2. The Hall–Kier alpha value is -4.06. The number of imidazole rings is 1. The number of nitrogens with zero attached hydrogens (tertiary/aromatic N) is 6. The van der Waals surface area contributed by atoms with Gasteiger partial charge in [-0.3, -0.25) is 4.79 Å². The second-order valence-corrected chi connectivity index (χ2v) is 9.33. The summed E-state index contributed by atoms with van der Waals surface area (Å²) < 4.78 is 2.29. The summed E-state index contributed by atoms with van der Waals surface area (Å²) in [4.78, 5) is 26.1. The van der Waals surface area contributed by atoms with Crippen LogP contribution in [0.2, 0.25) is 0 Å². The lowest BCUT2D eigenvalue weighted by atomic mass is 10.1. The SMILES string of the molecule is CC[C@@H]1C[C@@H]1C(=O)Nc1cc2c(C#Cc3cc4c(cn3)nc(C)n4C3CC3)cnc(NC)c2nn1. The van der Waals surface area contributed by atoms with E-state index in [0.717, 1.165) is 35.1 Å². The van der Waals surface area contributed by atoms with Crippen molar-refractivity contribution in [1.29, 1.82) is 0 Å². The predicted molar refractivity (Wildman–Crippen MR) is 134 cm³/mol. The molecule has 0 unspecified atom stereocenters. The minimum atomic E-state index is 0.00102. The average molecular weight is 467 g/mol. The van der Waals surface area contributed by atoms with Crippen LogP contribution in [0.3, 0.4) is 0 Å². The van der Waals surface area contributed by atoms with Gasteiger partial charge in [0.2, 0.25) is 5.91 Å². The molecule has 0 radical (unpaired) electrons. The highest BCUT2D eigenvalue weighted by Gasteiger charge is 2.41. The summed E-state index contributed by atoms with van der Waals surface area (Å²) in [7, 11) is 1.78. The predicted octanol–water partition coefficient (Wildman–Crippen LogP) is 3.84. The molecule has 0 bridgehead atoms. The third-order valence-electron chi connectivity index (χ3n) is 6.89. The maximum absolute atomic E-state index is 12.5. The van der Waals surface area contributed by atoms with Crippen LogP contribution in [-0.4, -0.2) is 42.7 Å². The van der Waals surface area contributed by atoms with Crippen LogP contribution in [0.5, 0.6) is 0 Å². The number of anilines is 2. The van der Waals surface area contributed by atoms with Gasteiger partial charge in [0.05, 0.1) is 17.3 Å². The summed E-state index contributed by atoms with van der Waals surface area (Å²) in [6, 6.07) is 4.35. The molecule has 2 N–H and O–H groups in total. The van der Waals surface area contributed by atoms with Crippen molar-refractivity contribution in [2.45, 2.75) is 45.6 Å². The van der Waals surface area contributed by atoms with Gasteiger partial charge in [0, 0.05) is 30.6 Å². The van der Waals surface area contributed by atoms with Crippen molar-refractivity contribution in [2.24, 2.45) is 11.8 Å². The molecule has 0 aromatic carbocycles. The topological polar surface area (TPSA) is 111 Å². The normalized spacial score (nSPS) is 18.8. The monoisotopic (exact) mass is 466 g/mol. The van der Waals surface area contributed by atoms with Crippen LogP contribution in [0.25, 0.3) is 21.9 Å². The molecule has 35 heavy (non-hydrogen) atoms. The van der Waals surface area contributed by atoms with Crippen LogP contribution in [0, 0.1) is 30.6 Å². The lowest BCUT2D eigenvalue weighted by Gasteiger charge is -2.08. The zero-order valence-corrected chi connectivity index (χ0v) is 20.0. The van der Waals surface area contributed by atoms with Crippen molar-refractivity contribution >= 4 is 39.5 Å². The van der Waals surface area contributed by atoms with Crippen LogP contribution >= 0.6 is 0 Å². The number of hydrogen-bond donors (Lipinski definition) is 2. The summed E-state index contributed by atoms with van der Waals surface area (Å²) in [6.45, 7) is 4.15. The molecule has 2 fully saturated rings. The molecule has 4 aromatic rings. The van der Waals surface area contributed by atoms with Gasteiger partial charge in [-0.25, -0.2) is 15.0 Å². The fourth-order valence-corrected chi connectivity index (χ4v) is 4.73. The molecule has 176 valence electrons. The van der Waals surface area contributed by atoms with E-state index in [4.69, 9.17) is 0 Å². The Labute approximate surface area is 202 Å². The molecule has 0 saturated heterocycles. The number of aryl methyl sites for hydroxylation is 1. The van der Waals surface area contributed by atoms with E-state index in [9.17, 15) is 4.79 Å². The molecule has 2 aliphatic carbocycles. The Morgan fingerprint density at radius 3 is 2.77 bits per heavy atom. The van der Waals surface area contributed by atoms with E-state index in [-0.39, 0.29) is 11.8 Å². The smallest absolute Gasteiger partial charge is 0.228 e. The van der Waals surface area contributed by atoms with E-state index in [1.54, 1.807) is 19.4 Å². The first-order valence-corrected chi connectivity index (χ1v) is 12.1. The summed E-state index contributed by atoms with van der Waals surface area (Å²) in [5.74, 6) is 8.96. The molecule has 0 spiro atoms. The Morgan fingerprint density at radius 1 is 1.17 bits per heavy atom. The number of carbonyl (C=O) groups excluding carboxylic acids is 1. The molecule has 4 heterocycles. The Morgan fingerprint density at radius 2 is 2.03 bits per heavy atom. The maximum atomic E-state index is 12.5. The van der Waals surface area contributed by atoms with E-state index in [1.807, 2.05) is 19.1 Å². The Kier molecular flexibility index (Phi) is 5.10. The van der Waals surface area contributed by atoms with Crippen molar-refractivity contribution in [1.82, 2.24) is 29.7 Å². The van der Waals surface area contributed by atoms with Crippen molar-refractivity contribution < 1.29 is 4.79 Å². The maximum Gasteiger partial charge on any atom is 0.228 e. The number of fused-ring (bicyclic) bond motifs is 2. The van der Waals surface area contributed by atoms with E-state index in [2.05, 4.69) is 59.1 Å². The lowest BCUT2D eigenvalue weighted by molar-refractivity contribution is -0.117. The third-order valence-corrected chi connectivity index (χ3v) is 6.89. The number of rotatable bonds is 5. The van der Waals surface area contributed by atoms with Crippen molar-refractivity contribution in [3.05, 3.63) is 41.6 Å². The van der Waals surface area contributed by atoms with E-state index < -0.39 is 0 Å². The van der Waals surface area contributed by atoms with E-state index >= 15 is 0 Å². The van der Waals surface area contributed by atoms with Crippen molar-refractivity contribution in [2.75, 3.05) is 17.7 Å². The first kappa shape index (κ1) is 21.5. The largest absolute Gasteiger partial charge is 0.371 e. The van der Waals surface area contributed by atoms with Gasteiger partial charge >= 0.3 is 0 Å². The molecule has 2 saturated carbocycles. The van der Waals surface area contributed by atoms with Crippen LogP contribution in [0.15, 0.2) is 24.5 Å². The number of nitrogens with one attached hydrogen (secondary N) is 2. The molecule has 1 amide bonds. The molecule has 2 aliphatic rings. The first-order chi connectivity index (χ1) is 17.1. The van der Waals surface area contributed by atoms with Crippen LogP contribution in [0.4, 0.5) is 11.6 Å². The standard InChI is InChI=1S/C26H26N8O/c1-4-15-9-20(15)26(35)31-23-11-19-16(12-29-25(27-3)24(19)33-32-23)5-6-17-10-22-21(13-28-17)30-14(2)34(22)18-7-8-18/h10-13,15,18,20H,4,7-9H2,1-3H3,(H,27,29)(H,31,32,35)/t15-,20+/m1/s1. The zero-order valence-electron chi connectivity index (χ0n) is 20.0. The molecule has 0 aliphatic heterocycles. The van der Waals surface area contributed by atoms with Crippen LogP contribution in [0.1, 0.15) is 55.7 Å². The molecule has 6 rings (SSSR count). The first-order valence-electron chi connectivity index (χ1n) is 12.1. The zero-order chi connectivity index (χ0) is 24.1. The molecule has 4 aromatic heterocycles. The fourth-order valence-electron chi connectivity index (χ4n) is 4.73. The summed E-state index contributed by atoms with van der Waals surface area (Å²) >= 11 is 0. The number of aromatic nitrogens is 6. The highest BCUT2D eigenvalue weighted by molar-refractivity contribution is 5.97. The van der Waals surface area contributed by atoms with Gasteiger partial charge in [-0.1, -0.05) is 19.3 Å². The van der Waals surface area contributed by atoms with Crippen molar-refractivity contribution in [3.8, 4) is 11.8 Å². The molecule has 2 atom stereocenters. The summed E-state index contributed by atoms with van der Waals surface area (Å²) in [5.41, 5.74) is 3.92. The molecule has 9 heteroatoms. The second kappa shape index (κ2) is 8.31. The quantitative estimate of drug-likeness (QED) is 0.430. The van der Waals surface area contributed by atoms with Gasteiger partial charge in [-0.15, -0.1) is 10.2 Å². The van der Waals surface area contributed by atoms with Gasteiger partial charge in [0.25, 0.3) is 0 Å². The highest BCUT2D eigenvalue weighted by Crippen LogP contribution is 2.41. The minimum Gasteiger partial charge on any atom is -0.371 e. The van der Waals surface area contributed by atoms with E-state index in [0.29, 0.717) is 40.4 Å². The van der Waals surface area contributed by atoms with Gasteiger partial charge in [0.1, 0.15) is 22.6 Å². The van der Waals surface area contributed by atoms with Gasteiger partial charge < -0.3 is 15.2 Å². The molecular formula is C26H26N8O. The third kappa shape index (κ3) is 3.95.